The largest absolute Gasteiger partial charge is 0.296 e. The number of aromatic nitrogens is 4. The van der Waals surface area contributed by atoms with E-state index in [-0.39, 0.29) is 0 Å². The summed E-state index contributed by atoms with van der Waals surface area (Å²) in [5, 5.41) is 7.48. The van der Waals surface area contributed by atoms with Crippen molar-refractivity contribution in [2.45, 2.75) is 40.5 Å². The predicted molar refractivity (Wildman–Crippen MR) is 167 cm³/mol. The van der Waals surface area contributed by atoms with Crippen LogP contribution in [0.1, 0.15) is 33.9 Å². The van der Waals surface area contributed by atoms with Gasteiger partial charge in [0.1, 0.15) is 11.3 Å². The molecule has 0 unspecified atom stereocenters. The molecular formula is C36H30N4. The summed E-state index contributed by atoms with van der Waals surface area (Å²) in [4.78, 5) is 10.5. The molecule has 194 valence electrons. The predicted octanol–water partition coefficient (Wildman–Crippen LogP) is 8.61. The van der Waals surface area contributed by atoms with Crippen LogP contribution in [-0.4, -0.2) is 18.8 Å². The number of aryl methyl sites for hydroxylation is 6. The third-order valence-corrected chi connectivity index (χ3v) is 8.71. The van der Waals surface area contributed by atoms with Gasteiger partial charge in [0.15, 0.2) is 0 Å². The SMILES string of the molecule is Cc1ccc2c(c1)c1ccccc1c1nc(CCc3nc4c5ccccc5c5cc(C)ccc5n4c3C)c(C)n21. The molecule has 4 aromatic carbocycles. The summed E-state index contributed by atoms with van der Waals surface area (Å²) in [7, 11) is 0. The maximum Gasteiger partial charge on any atom is 0.145 e. The smallest absolute Gasteiger partial charge is 0.145 e. The highest BCUT2D eigenvalue weighted by Crippen LogP contribution is 2.34. The van der Waals surface area contributed by atoms with Crippen LogP contribution in [0.25, 0.3) is 54.6 Å². The number of rotatable bonds is 3. The molecule has 4 nitrogen and oxygen atoms in total. The van der Waals surface area contributed by atoms with Crippen LogP contribution >= 0.6 is 0 Å². The summed E-state index contributed by atoms with van der Waals surface area (Å²) in [5.74, 6) is 0. The van der Waals surface area contributed by atoms with E-state index in [4.69, 9.17) is 9.97 Å². The molecule has 8 rings (SSSR count). The highest BCUT2D eigenvalue weighted by molar-refractivity contribution is 6.13. The lowest BCUT2D eigenvalue weighted by atomic mass is 10.0. The number of benzene rings is 4. The van der Waals surface area contributed by atoms with Gasteiger partial charge in [-0.15, -0.1) is 0 Å². The first kappa shape index (κ1) is 23.2. The standard InChI is InChI=1S/C36H30N4/c1-21-13-17-33-29(19-21)25-9-5-7-11-27(25)35-37-31(23(3)39(33)35)15-16-32-24(4)40-34-18-14-22(2)20-30(34)26-10-6-8-12-28(26)36(40)38-32/h5-14,17-20H,15-16H2,1-4H3. The fourth-order valence-corrected chi connectivity index (χ4v) is 6.70. The van der Waals surface area contributed by atoms with Gasteiger partial charge < -0.3 is 0 Å². The van der Waals surface area contributed by atoms with Crippen LogP contribution in [0.15, 0.2) is 84.9 Å². The zero-order valence-electron chi connectivity index (χ0n) is 23.3. The van der Waals surface area contributed by atoms with E-state index < -0.39 is 0 Å². The molecule has 0 aliphatic rings. The van der Waals surface area contributed by atoms with Crippen molar-refractivity contribution < 1.29 is 0 Å². The maximum atomic E-state index is 5.25. The van der Waals surface area contributed by atoms with Crippen LogP contribution in [0, 0.1) is 27.7 Å². The summed E-state index contributed by atoms with van der Waals surface area (Å²) in [5.41, 5.74) is 11.8. The van der Waals surface area contributed by atoms with Gasteiger partial charge in [-0.2, -0.15) is 0 Å². The first-order chi connectivity index (χ1) is 19.5. The van der Waals surface area contributed by atoms with E-state index >= 15 is 0 Å². The molecule has 8 aromatic rings. The van der Waals surface area contributed by atoms with Crippen molar-refractivity contribution in [3.8, 4) is 0 Å². The monoisotopic (exact) mass is 518 g/mol. The van der Waals surface area contributed by atoms with Crippen LogP contribution in [0.4, 0.5) is 0 Å². The van der Waals surface area contributed by atoms with Gasteiger partial charge in [-0.1, -0.05) is 71.8 Å². The van der Waals surface area contributed by atoms with Gasteiger partial charge in [0.05, 0.1) is 22.4 Å². The lowest BCUT2D eigenvalue weighted by molar-refractivity contribution is 0.879. The molecule has 0 saturated carbocycles. The van der Waals surface area contributed by atoms with Crippen molar-refractivity contribution in [2.75, 3.05) is 0 Å². The van der Waals surface area contributed by atoms with E-state index in [1.165, 1.54) is 65.9 Å². The molecular weight excluding hydrogens is 488 g/mol. The van der Waals surface area contributed by atoms with Crippen LogP contribution in [-0.2, 0) is 12.8 Å². The Kier molecular flexibility index (Phi) is 4.87. The van der Waals surface area contributed by atoms with Crippen LogP contribution in [0.2, 0.25) is 0 Å². The Morgan fingerprint density at radius 1 is 0.475 bits per heavy atom. The number of fused-ring (bicyclic) bond motifs is 12. The average molecular weight is 519 g/mol. The Hall–Kier alpha value is -4.70. The van der Waals surface area contributed by atoms with E-state index in [0.717, 1.165) is 35.5 Å². The van der Waals surface area contributed by atoms with E-state index in [1.54, 1.807) is 0 Å². The van der Waals surface area contributed by atoms with Crippen molar-refractivity contribution in [1.82, 2.24) is 18.8 Å². The fourth-order valence-electron chi connectivity index (χ4n) is 6.70. The van der Waals surface area contributed by atoms with Gasteiger partial charge >= 0.3 is 0 Å². The lowest BCUT2D eigenvalue weighted by Crippen LogP contribution is -1.98. The Morgan fingerprint density at radius 2 is 0.875 bits per heavy atom. The van der Waals surface area contributed by atoms with Crippen molar-refractivity contribution in [1.29, 1.82) is 0 Å². The highest BCUT2D eigenvalue weighted by Gasteiger charge is 2.19. The molecule has 0 aliphatic heterocycles. The summed E-state index contributed by atoms with van der Waals surface area (Å²) in [6.45, 7) is 8.75. The minimum atomic E-state index is 0.842. The van der Waals surface area contributed by atoms with Gasteiger partial charge in [-0.25, -0.2) is 9.97 Å². The van der Waals surface area contributed by atoms with E-state index in [1.807, 2.05) is 0 Å². The summed E-state index contributed by atoms with van der Waals surface area (Å²) >= 11 is 0. The molecule has 0 spiro atoms. The minimum Gasteiger partial charge on any atom is -0.296 e. The lowest BCUT2D eigenvalue weighted by Gasteiger charge is -2.10. The van der Waals surface area contributed by atoms with Crippen molar-refractivity contribution in [3.05, 3.63) is 119 Å². The van der Waals surface area contributed by atoms with Gasteiger partial charge in [-0.05, 0) is 75.6 Å². The molecule has 0 amide bonds. The van der Waals surface area contributed by atoms with E-state index in [0.29, 0.717) is 0 Å². The fraction of sp³-hybridized carbons (Fsp3) is 0.167. The zero-order chi connectivity index (χ0) is 27.1. The van der Waals surface area contributed by atoms with E-state index in [9.17, 15) is 0 Å². The Balaban J connectivity index is 1.29. The second kappa shape index (κ2) is 8.40. The molecule has 4 heteroatoms. The van der Waals surface area contributed by atoms with E-state index in [2.05, 4.69) is 121 Å². The number of imidazole rings is 2. The topological polar surface area (TPSA) is 34.6 Å². The molecule has 0 atom stereocenters. The zero-order valence-corrected chi connectivity index (χ0v) is 23.3. The van der Waals surface area contributed by atoms with Gasteiger partial charge in [0.25, 0.3) is 0 Å². The molecule has 0 N–H and O–H groups in total. The summed E-state index contributed by atoms with van der Waals surface area (Å²) in [6.07, 6.45) is 1.68. The molecule has 0 fully saturated rings. The van der Waals surface area contributed by atoms with Crippen LogP contribution in [0.5, 0.6) is 0 Å². The number of pyridine rings is 2. The Labute approximate surface area is 232 Å². The normalized spacial score (nSPS) is 12.2. The molecule has 4 aromatic heterocycles. The highest BCUT2D eigenvalue weighted by atomic mass is 15.0. The third kappa shape index (κ3) is 3.19. The summed E-state index contributed by atoms with van der Waals surface area (Å²) < 4.78 is 4.71. The minimum absolute atomic E-state index is 0.842. The van der Waals surface area contributed by atoms with Gasteiger partial charge in [0.2, 0.25) is 0 Å². The Bertz CT molecular complexity index is 2150. The number of hydrogen-bond acceptors (Lipinski definition) is 2. The van der Waals surface area contributed by atoms with Gasteiger partial charge in [0, 0.05) is 32.9 Å². The summed E-state index contributed by atoms with van der Waals surface area (Å²) in [6, 6.07) is 30.8. The molecule has 0 radical (unpaired) electrons. The maximum absolute atomic E-state index is 5.25. The second-order valence-corrected chi connectivity index (χ2v) is 11.2. The second-order valence-electron chi connectivity index (χ2n) is 11.2. The van der Waals surface area contributed by atoms with Crippen molar-refractivity contribution >= 4 is 54.6 Å². The van der Waals surface area contributed by atoms with Crippen LogP contribution in [0.3, 0.4) is 0 Å². The number of hydrogen-bond donors (Lipinski definition) is 0. The molecule has 0 saturated heterocycles. The molecule has 4 heterocycles. The molecule has 40 heavy (non-hydrogen) atoms. The van der Waals surface area contributed by atoms with Crippen LogP contribution < -0.4 is 0 Å². The number of nitrogens with zero attached hydrogens (tertiary/aromatic N) is 4. The third-order valence-electron chi connectivity index (χ3n) is 8.71. The van der Waals surface area contributed by atoms with Crippen molar-refractivity contribution in [3.63, 3.8) is 0 Å². The quantitative estimate of drug-likeness (QED) is 0.219. The molecule has 0 aliphatic carbocycles. The van der Waals surface area contributed by atoms with Crippen molar-refractivity contribution in [2.24, 2.45) is 0 Å². The first-order valence-electron chi connectivity index (χ1n) is 14.1. The Morgan fingerprint density at radius 3 is 1.30 bits per heavy atom. The van der Waals surface area contributed by atoms with Gasteiger partial charge in [-0.3, -0.25) is 8.80 Å². The molecule has 0 bridgehead atoms. The average Bonchev–Trinajstić information content (AvgIpc) is 3.48. The first-order valence-corrected chi connectivity index (χ1v) is 14.1.